The fourth-order valence-electron chi connectivity index (χ4n) is 0.977. The third-order valence-electron chi connectivity index (χ3n) is 1.48. The summed E-state index contributed by atoms with van der Waals surface area (Å²) in [5.41, 5.74) is 5.40. The van der Waals surface area contributed by atoms with Gasteiger partial charge in [0, 0.05) is 24.4 Å². The topological polar surface area (TPSA) is 38.0 Å². The maximum Gasteiger partial charge on any atom is 0.0201 e. The third-order valence-corrected chi connectivity index (χ3v) is 1.88. The van der Waals surface area contributed by atoms with Gasteiger partial charge in [-0.15, -0.1) is 0 Å². The summed E-state index contributed by atoms with van der Waals surface area (Å²) in [6, 6.07) is 0.525. The van der Waals surface area contributed by atoms with Crippen molar-refractivity contribution in [2.24, 2.45) is 5.73 Å². The van der Waals surface area contributed by atoms with E-state index in [1.165, 1.54) is 0 Å². The summed E-state index contributed by atoms with van der Waals surface area (Å²) in [6.07, 6.45) is 1.12. The lowest BCUT2D eigenvalue weighted by atomic mass is 10.2. The van der Waals surface area contributed by atoms with Crippen molar-refractivity contribution in [2.75, 3.05) is 13.1 Å². The Morgan fingerprint density at radius 2 is 2.50 bits per heavy atom. The fraction of sp³-hybridized carbons (Fsp3) is 1.00. The molecule has 1 fully saturated rings. The first-order valence-electron chi connectivity index (χ1n) is 2.94. The average Bonchev–Trinajstić information content (AvgIpc) is 2.14. The molecule has 1 saturated heterocycles. The molecule has 1 rings (SSSR count). The van der Waals surface area contributed by atoms with Crippen molar-refractivity contribution in [3.63, 3.8) is 0 Å². The van der Waals surface area contributed by atoms with Gasteiger partial charge in [0.15, 0.2) is 0 Å². The highest BCUT2D eigenvalue weighted by Crippen LogP contribution is 2.09. The first-order chi connectivity index (χ1) is 3.83. The van der Waals surface area contributed by atoms with Crippen molar-refractivity contribution in [1.82, 2.24) is 5.32 Å². The molecule has 0 aromatic carbocycles. The molecule has 1 aliphatic rings. The molecule has 48 valence electrons. The van der Waals surface area contributed by atoms with E-state index in [1.807, 2.05) is 0 Å². The zero-order chi connectivity index (χ0) is 5.98. The molecule has 2 atom stereocenters. The highest BCUT2D eigenvalue weighted by Gasteiger charge is 2.18. The third kappa shape index (κ3) is 1.37. The molecule has 0 aromatic heterocycles. The number of rotatable bonds is 1. The quantitative estimate of drug-likeness (QED) is 0.425. The molecule has 0 bridgehead atoms. The van der Waals surface area contributed by atoms with Crippen LogP contribution in [0.3, 0.4) is 0 Å². The van der Waals surface area contributed by atoms with Crippen molar-refractivity contribution in [1.29, 1.82) is 0 Å². The molecule has 3 N–H and O–H groups in total. The van der Waals surface area contributed by atoms with Crippen molar-refractivity contribution in [3.05, 3.63) is 0 Å². The fourth-order valence-corrected chi connectivity index (χ4v) is 1.34. The van der Waals surface area contributed by atoms with Gasteiger partial charge in [-0.1, -0.05) is 0 Å². The van der Waals surface area contributed by atoms with E-state index < -0.39 is 0 Å². The van der Waals surface area contributed by atoms with E-state index in [2.05, 4.69) is 17.9 Å². The predicted octanol–water partition coefficient (Wildman–Crippen LogP) is -0.395. The molecule has 0 spiro atoms. The lowest BCUT2D eigenvalue weighted by Gasteiger charge is -2.02. The van der Waals surface area contributed by atoms with Crippen LogP contribution in [0.5, 0.6) is 0 Å². The number of hydrogen-bond donors (Lipinski definition) is 3. The highest BCUT2D eigenvalue weighted by molar-refractivity contribution is 7.81. The second-order valence-electron chi connectivity index (χ2n) is 2.23. The summed E-state index contributed by atoms with van der Waals surface area (Å²) in [6.45, 7) is 1.77. The lowest BCUT2D eigenvalue weighted by Crippen LogP contribution is -2.29. The first-order valence-corrected chi connectivity index (χ1v) is 3.46. The largest absolute Gasteiger partial charge is 0.329 e. The molecule has 8 heavy (non-hydrogen) atoms. The Morgan fingerprint density at radius 1 is 1.75 bits per heavy atom. The monoisotopic (exact) mass is 132 g/mol. The minimum Gasteiger partial charge on any atom is -0.329 e. The molecule has 2 unspecified atom stereocenters. The summed E-state index contributed by atoms with van der Waals surface area (Å²) in [5.74, 6) is 0. The van der Waals surface area contributed by atoms with E-state index in [1.54, 1.807) is 0 Å². The Labute approximate surface area is 55.2 Å². The number of hydrogen-bond acceptors (Lipinski definition) is 3. The summed E-state index contributed by atoms with van der Waals surface area (Å²) in [7, 11) is 0. The summed E-state index contributed by atoms with van der Waals surface area (Å²) < 4.78 is 0. The SMILES string of the molecule is NCC1CC(S)CN1. The molecular weight excluding hydrogens is 120 g/mol. The Balaban J connectivity index is 2.22. The van der Waals surface area contributed by atoms with E-state index in [4.69, 9.17) is 5.73 Å². The molecule has 1 heterocycles. The van der Waals surface area contributed by atoms with Gasteiger partial charge in [-0.3, -0.25) is 0 Å². The van der Waals surface area contributed by atoms with Gasteiger partial charge in [0.2, 0.25) is 0 Å². The van der Waals surface area contributed by atoms with Crippen LogP contribution in [0.4, 0.5) is 0 Å². The van der Waals surface area contributed by atoms with Gasteiger partial charge in [-0.25, -0.2) is 0 Å². The molecule has 3 heteroatoms. The van der Waals surface area contributed by atoms with Crippen molar-refractivity contribution in [3.8, 4) is 0 Å². The van der Waals surface area contributed by atoms with E-state index in [-0.39, 0.29) is 0 Å². The van der Waals surface area contributed by atoms with Gasteiger partial charge in [0.05, 0.1) is 0 Å². The molecule has 0 radical (unpaired) electrons. The van der Waals surface area contributed by atoms with E-state index in [9.17, 15) is 0 Å². The van der Waals surface area contributed by atoms with Crippen LogP contribution in [0.2, 0.25) is 0 Å². The van der Waals surface area contributed by atoms with Crippen molar-refractivity contribution in [2.45, 2.75) is 17.7 Å². The van der Waals surface area contributed by atoms with Gasteiger partial charge in [0.25, 0.3) is 0 Å². The minimum atomic E-state index is 0.525. The molecule has 0 saturated carbocycles. The highest BCUT2D eigenvalue weighted by atomic mass is 32.1. The molecule has 0 amide bonds. The smallest absolute Gasteiger partial charge is 0.0201 e. The van der Waals surface area contributed by atoms with E-state index in [0.717, 1.165) is 19.5 Å². The summed E-state index contributed by atoms with van der Waals surface area (Å²) >= 11 is 4.29. The Bertz CT molecular complexity index is 76.8. The van der Waals surface area contributed by atoms with Crippen LogP contribution in [0.1, 0.15) is 6.42 Å². The lowest BCUT2D eigenvalue weighted by molar-refractivity contribution is 0.617. The number of nitrogens with two attached hydrogens (primary N) is 1. The van der Waals surface area contributed by atoms with Crippen LogP contribution in [0.15, 0.2) is 0 Å². The van der Waals surface area contributed by atoms with Gasteiger partial charge in [-0.2, -0.15) is 12.6 Å². The minimum absolute atomic E-state index is 0.525. The van der Waals surface area contributed by atoms with Crippen LogP contribution < -0.4 is 11.1 Å². The van der Waals surface area contributed by atoms with E-state index >= 15 is 0 Å². The second kappa shape index (κ2) is 2.71. The number of thiol groups is 1. The first kappa shape index (κ1) is 6.39. The Morgan fingerprint density at radius 3 is 2.75 bits per heavy atom. The zero-order valence-corrected chi connectivity index (χ0v) is 5.70. The molecular formula is C5H12N2S. The van der Waals surface area contributed by atoms with Gasteiger partial charge in [0.1, 0.15) is 0 Å². The van der Waals surface area contributed by atoms with Crippen LogP contribution in [0, 0.1) is 0 Å². The summed E-state index contributed by atoms with van der Waals surface area (Å²) in [4.78, 5) is 0. The van der Waals surface area contributed by atoms with Gasteiger partial charge >= 0.3 is 0 Å². The molecule has 2 nitrogen and oxygen atoms in total. The van der Waals surface area contributed by atoms with Crippen molar-refractivity contribution < 1.29 is 0 Å². The van der Waals surface area contributed by atoms with Gasteiger partial charge < -0.3 is 11.1 Å². The maximum atomic E-state index is 5.40. The van der Waals surface area contributed by atoms with Crippen LogP contribution in [0.25, 0.3) is 0 Å². The zero-order valence-electron chi connectivity index (χ0n) is 4.80. The molecule has 0 aliphatic carbocycles. The predicted molar refractivity (Wildman–Crippen MR) is 38.2 cm³/mol. The van der Waals surface area contributed by atoms with Crippen LogP contribution >= 0.6 is 12.6 Å². The Kier molecular flexibility index (Phi) is 2.16. The molecule has 0 aromatic rings. The number of nitrogens with one attached hydrogen (secondary N) is 1. The maximum absolute atomic E-state index is 5.40. The average molecular weight is 132 g/mol. The van der Waals surface area contributed by atoms with Crippen LogP contribution in [-0.2, 0) is 0 Å². The second-order valence-corrected chi connectivity index (χ2v) is 2.96. The standard InChI is InChI=1S/C5H12N2S/c6-2-4-1-5(8)3-7-4/h4-5,7-8H,1-3,6H2. The van der Waals surface area contributed by atoms with Gasteiger partial charge in [-0.05, 0) is 6.42 Å². The normalized spacial score (nSPS) is 38.2. The Hall–Kier alpha value is 0.270. The van der Waals surface area contributed by atoms with Crippen LogP contribution in [-0.4, -0.2) is 24.4 Å². The molecule has 1 aliphatic heterocycles. The summed E-state index contributed by atoms with van der Waals surface area (Å²) in [5, 5.41) is 3.79. The van der Waals surface area contributed by atoms with E-state index in [0.29, 0.717) is 11.3 Å². The van der Waals surface area contributed by atoms with Crippen molar-refractivity contribution >= 4 is 12.6 Å².